The predicted octanol–water partition coefficient (Wildman–Crippen LogP) is 3.35. The number of aliphatic hydroxyl groups is 1. The van der Waals surface area contributed by atoms with E-state index in [9.17, 15) is 5.11 Å². The summed E-state index contributed by atoms with van der Waals surface area (Å²) in [6.45, 7) is 2.24. The minimum atomic E-state index is -0.121. The van der Waals surface area contributed by atoms with Gasteiger partial charge in [0.05, 0.1) is 18.5 Å². The predicted molar refractivity (Wildman–Crippen MR) is 87.7 cm³/mol. The summed E-state index contributed by atoms with van der Waals surface area (Å²) in [5.41, 5.74) is 1.90. The molecule has 0 amide bonds. The number of benzene rings is 1. The smallest absolute Gasteiger partial charge is 0.293 e. The fraction of sp³-hybridized carbons (Fsp3) is 0.312. The van der Waals surface area contributed by atoms with Gasteiger partial charge in [-0.3, -0.25) is 0 Å². The van der Waals surface area contributed by atoms with Crippen LogP contribution in [0.1, 0.15) is 12.5 Å². The molecule has 114 valence electrons. The molecule has 0 atom stereocenters. The molecule has 1 rings (SSSR count). The van der Waals surface area contributed by atoms with Crippen molar-refractivity contribution < 1.29 is 14.4 Å². The van der Waals surface area contributed by atoms with Crippen LogP contribution >= 0.6 is 11.6 Å². The molecule has 0 aromatic heterocycles. The van der Waals surface area contributed by atoms with Gasteiger partial charge in [-0.15, -0.1) is 0 Å². The van der Waals surface area contributed by atoms with Gasteiger partial charge >= 0.3 is 0 Å². The Hall–Kier alpha value is -1.94. The minimum absolute atomic E-state index is 0.121. The molecule has 0 saturated carbocycles. The highest BCUT2D eigenvalue weighted by Crippen LogP contribution is 2.20. The molecule has 1 aromatic rings. The van der Waals surface area contributed by atoms with Crippen molar-refractivity contribution in [1.82, 2.24) is 4.90 Å². The molecule has 0 spiro atoms. The molecule has 1 aromatic carbocycles. The molecule has 0 aliphatic rings. The number of aliphatic hydroxyl groups excluding tert-OH is 1. The van der Waals surface area contributed by atoms with Gasteiger partial charge in [0.15, 0.2) is 6.21 Å². The first-order valence-corrected chi connectivity index (χ1v) is 7.05. The first-order valence-electron chi connectivity index (χ1n) is 6.68. The maximum absolute atomic E-state index is 9.67. The second-order valence-electron chi connectivity index (χ2n) is 4.68. The molecule has 4 nitrogen and oxygen atoms in total. The summed E-state index contributed by atoms with van der Waals surface area (Å²) < 4.78 is 6.99. The third-order valence-corrected chi connectivity index (χ3v) is 2.90. The summed E-state index contributed by atoms with van der Waals surface area (Å²) in [4.78, 5) is 1.80. The summed E-state index contributed by atoms with van der Waals surface area (Å²) in [6.07, 6.45) is 5.43. The number of ether oxygens (including phenoxy) is 1. The topological polar surface area (TPSA) is 35.7 Å². The zero-order chi connectivity index (χ0) is 15.8. The first-order chi connectivity index (χ1) is 9.93. The highest BCUT2D eigenvalue weighted by Gasteiger charge is 2.08. The lowest BCUT2D eigenvalue weighted by atomic mass is 10.1. The first kappa shape index (κ1) is 17.1. The van der Waals surface area contributed by atoms with Crippen LogP contribution in [0.3, 0.4) is 0 Å². The molecule has 0 aliphatic carbocycles. The number of hydrogen-bond donors (Lipinski definition) is 1. The van der Waals surface area contributed by atoms with E-state index in [0.29, 0.717) is 11.6 Å². The zero-order valence-electron chi connectivity index (χ0n) is 12.9. The third kappa shape index (κ3) is 5.92. The van der Waals surface area contributed by atoms with Crippen molar-refractivity contribution in [3.63, 3.8) is 0 Å². The van der Waals surface area contributed by atoms with Gasteiger partial charge in [0, 0.05) is 18.1 Å². The summed E-state index contributed by atoms with van der Waals surface area (Å²) in [7, 11) is 5.74. The van der Waals surface area contributed by atoms with Crippen molar-refractivity contribution in [3.05, 3.63) is 53.1 Å². The molecule has 0 radical (unpaired) electrons. The average molecular weight is 310 g/mol. The van der Waals surface area contributed by atoms with E-state index >= 15 is 0 Å². The van der Waals surface area contributed by atoms with E-state index in [0.717, 1.165) is 11.3 Å². The van der Waals surface area contributed by atoms with Gasteiger partial charge in [0.25, 0.3) is 5.95 Å². The Kier molecular flexibility index (Phi) is 6.82. The molecule has 0 bridgehead atoms. The maximum Gasteiger partial charge on any atom is 0.293 e. The van der Waals surface area contributed by atoms with Gasteiger partial charge in [0.2, 0.25) is 0 Å². The van der Waals surface area contributed by atoms with E-state index in [2.05, 4.69) is 0 Å². The lowest BCUT2D eigenvalue weighted by Crippen LogP contribution is -2.12. The van der Waals surface area contributed by atoms with Crippen LogP contribution in [-0.2, 0) is 4.74 Å². The van der Waals surface area contributed by atoms with Crippen LogP contribution in [0.5, 0.6) is 0 Å². The SMILES string of the molecule is CCO/C(O)=C/N(C)/C(=C\C=[N+](C)C)c1ccc(Cl)cc1. The molecular formula is C16H22ClN2O2+. The molecule has 0 fully saturated rings. The van der Waals surface area contributed by atoms with Crippen LogP contribution in [0, 0.1) is 0 Å². The largest absolute Gasteiger partial charge is 0.480 e. The van der Waals surface area contributed by atoms with Crippen molar-refractivity contribution in [2.45, 2.75) is 6.92 Å². The average Bonchev–Trinajstić information content (AvgIpc) is 2.40. The lowest BCUT2D eigenvalue weighted by Gasteiger charge is -2.18. The van der Waals surface area contributed by atoms with Gasteiger partial charge in [-0.25, -0.2) is 4.58 Å². The quantitative estimate of drug-likeness (QED) is 0.497. The Bertz CT molecular complexity index is 544. The standard InChI is InChI=1S/C16H21ClN2O2/c1-5-21-16(20)12-19(4)15(10-11-18(2)3)13-6-8-14(17)9-7-13/h6-12H,5H2,1-4H3/p+1/b16-12+. The third-order valence-electron chi connectivity index (χ3n) is 2.65. The van der Waals surface area contributed by atoms with Crippen LogP contribution in [0.4, 0.5) is 0 Å². The fourth-order valence-electron chi connectivity index (χ4n) is 1.68. The van der Waals surface area contributed by atoms with Gasteiger partial charge in [-0.1, -0.05) is 23.7 Å². The van der Waals surface area contributed by atoms with E-state index in [1.165, 1.54) is 6.20 Å². The number of halogens is 1. The van der Waals surface area contributed by atoms with Gasteiger partial charge in [0.1, 0.15) is 14.1 Å². The second kappa shape index (κ2) is 8.37. The van der Waals surface area contributed by atoms with Gasteiger partial charge in [-0.2, -0.15) is 0 Å². The molecule has 0 heterocycles. The Morgan fingerprint density at radius 2 is 1.95 bits per heavy atom. The van der Waals surface area contributed by atoms with Crippen molar-refractivity contribution in [2.24, 2.45) is 0 Å². The van der Waals surface area contributed by atoms with Crippen LogP contribution in [-0.4, -0.2) is 48.5 Å². The van der Waals surface area contributed by atoms with Crippen molar-refractivity contribution in [2.75, 3.05) is 27.7 Å². The number of allylic oxidation sites excluding steroid dienone is 1. The monoisotopic (exact) mass is 309 g/mol. The summed E-state index contributed by atoms with van der Waals surface area (Å²) in [5, 5.41) is 10.4. The highest BCUT2D eigenvalue weighted by molar-refractivity contribution is 6.30. The van der Waals surface area contributed by atoms with E-state index in [1.807, 2.05) is 69.2 Å². The van der Waals surface area contributed by atoms with Gasteiger partial charge in [-0.05, 0) is 24.6 Å². The molecule has 5 heteroatoms. The van der Waals surface area contributed by atoms with E-state index in [1.54, 1.807) is 4.90 Å². The van der Waals surface area contributed by atoms with Crippen LogP contribution in [0.25, 0.3) is 5.70 Å². The maximum atomic E-state index is 9.67. The number of rotatable bonds is 6. The lowest BCUT2D eigenvalue weighted by molar-refractivity contribution is -0.458. The Labute approximate surface area is 131 Å². The van der Waals surface area contributed by atoms with E-state index < -0.39 is 0 Å². The Morgan fingerprint density at radius 1 is 1.33 bits per heavy atom. The number of hydrogen-bond acceptors (Lipinski definition) is 3. The molecule has 0 saturated heterocycles. The van der Waals surface area contributed by atoms with Crippen LogP contribution in [0.2, 0.25) is 5.02 Å². The summed E-state index contributed by atoms with van der Waals surface area (Å²) in [6, 6.07) is 7.53. The van der Waals surface area contributed by atoms with E-state index in [-0.39, 0.29) is 5.95 Å². The van der Waals surface area contributed by atoms with Crippen LogP contribution in [0.15, 0.2) is 42.5 Å². The van der Waals surface area contributed by atoms with Crippen molar-refractivity contribution in [3.8, 4) is 0 Å². The number of nitrogens with zero attached hydrogens (tertiary/aromatic N) is 2. The molecule has 21 heavy (non-hydrogen) atoms. The fourth-order valence-corrected chi connectivity index (χ4v) is 1.80. The van der Waals surface area contributed by atoms with Gasteiger partial charge < -0.3 is 14.7 Å². The van der Waals surface area contributed by atoms with E-state index in [4.69, 9.17) is 16.3 Å². The minimum Gasteiger partial charge on any atom is -0.480 e. The molecule has 1 N–H and O–H groups in total. The molecule has 0 unspecified atom stereocenters. The normalized spacial score (nSPS) is 12.0. The second-order valence-corrected chi connectivity index (χ2v) is 5.12. The van der Waals surface area contributed by atoms with Crippen molar-refractivity contribution >= 4 is 23.5 Å². The van der Waals surface area contributed by atoms with Crippen LogP contribution < -0.4 is 0 Å². The summed E-state index contributed by atoms with van der Waals surface area (Å²) >= 11 is 5.93. The zero-order valence-corrected chi connectivity index (χ0v) is 13.6. The highest BCUT2D eigenvalue weighted by atomic mass is 35.5. The molecule has 0 aliphatic heterocycles. The Morgan fingerprint density at radius 3 is 2.48 bits per heavy atom. The summed E-state index contributed by atoms with van der Waals surface area (Å²) in [5.74, 6) is -0.121. The van der Waals surface area contributed by atoms with Crippen molar-refractivity contribution in [1.29, 1.82) is 0 Å². The molecular weight excluding hydrogens is 288 g/mol. The Balaban J connectivity index is 3.14.